The Bertz CT molecular complexity index is 854. The lowest BCUT2D eigenvalue weighted by Gasteiger charge is -2.34. The Hall–Kier alpha value is -2.56. The lowest BCUT2D eigenvalue weighted by Crippen LogP contribution is -2.42. The third kappa shape index (κ3) is 2.82. The topological polar surface area (TPSA) is 46.0 Å². The Labute approximate surface area is 142 Å². The van der Waals surface area contributed by atoms with Gasteiger partial charge in [-0.05, 0) is 31.4 Å². The summed E-state index contributed by atoms with van der Waals surface area (Å²) in [6.07, 6.45) is 8.32. The summed E-state index contributed by atoms with van der Waals surface area (Å²) < 4.78 is 1.87. The highest BCUT2D eigenvalue weighted by Gasteiger charge is 2.21. The monoisotopic (exact) mass is 321 g/mol. The molecule has 0 radical (unpaired) electrons. The number of rotatable bonds is 3. The zero-order chi connectivity index (χ0) is 16.5. The van der Waals surface area contributed by atoms with E-state index in [1.807, 2.05) is 24.1 Å². The van der Waals surface area contributed by atoms with Crippen LogP contribution in [0.25, 0.3) is 10.9 Å². The molecule has 0 amide bonds. The fourth-order valence-electron chi connectivity index (χ4n) is 3.57. The highest BCUT2D eigenvalue weighted by atomic mass is 15.3. The molecule has 0 bridgehead atoms. The van der Waals surface area contributed by atoms with Gasteiger partial charge in [0.15, 0.2) is 0 Å². The highest BCUT2D eigenvalue weighted by Crippen LogP contribution is 2.27. The maximum atomic E-state index is 4.54. The summed E-state index contributed by atoms with van der Waals surface area (Å²) in [5, 5.41) is 9.25. The van der Waals surface area contributed by atoms with Gasteiger partial charge in [0, 0.05) is 49.6 Å². The first kappa shape index (κ1) is 15.0. The average Bonchev–Trinajstić information content (AvgIpc) is 3.03. The van der Waals surface area contributed by atoms with Gasteiger partial charge in [-0.25, -0.2) is 0 Å². The van der Waals surface area contributed by atoms with E-state index in [2.05, 4.69) is 57.7 Å². The number of anilines is 2. The van der Waals surface area contributed by atoms with Gasteiger partial charge in [-0.2, -0.15) is 5.10 Å². The standard InChI is InChI=1S/C19H23N5/c1-14-5-3-7-17-18(8-9-20-19(14)17)22-15-6-4-10-24(12-15)16-11-21-23(2)13-16/h3,5,7-9,11,13,15H,4,6,10,12H2,1-2H3,(H,20,22). The molecule has 0 saturated carbocycles. The molecule has 5 heteroatoms. The van der Waals surface area contributed by atoms with E-state index >= 15 is 0 Å². The molecule has 4 rings (SSSR count). The van der Waals surface area contributed by atoms with Crippen molar-refractivity contribution in [1.82, 2.24) is 14.8 Å². The van der Waals surface area contributed by atoms with Gasteiger partial charge >= 0.3 is 0 Å². The predicted molar refractivity (Wildman–Crippen MR) is 98.5 cm³/mol. The molecule has 3 heterocycles. The largest absolute Gasteiger partial charge is 0.380 e. The van der Waals surface area contributed by atoms with Gasteiger partial charge in [0.05, 0.1) is 17.4 Å². The third-order valence-corrected chi connectivity index (χ3v) is 4.81. The van der Waals surface area contributed by atoms with Gasteiger partial charge in [0.1, 0.15) is 0 Å². The van der Waals surface area contributed by atoms with Gasteiger partial charge in [-0.3, -0.25) is 9.67 Å². The second kappa shape index (κ2) is 6.15. The molecule has 0 spiro atoms. The number of benzene rings is 1. The van der Waals surface area contributed by atoms with Gasteiger partial charge in [0.25, 0.3) is 0 Å². The Morgan fingerprint density at radius 1 is 1.25 bits per heavy atom. The number of hydrogen-bond donors (Lipinski definition) is 1. The van der Waals surface area contributed by atoms with Crippen molar-refractivity contribution >= 4 is 22.3 Å². The molecular weight excluding hydrogens is 298 g/mol. The van der Waals surface area contributed by atoms with Crippen LogP contribution in [0.3, 0.4) is 0 Å². The van der Waals surface area contributed by atoms with E-state index < -0.39 is 0 Å². The van der Waals surface area contributed by atoms with Crippen molar-refractivity contribution in [2.45, 2.75) is 25.8 Å². The first-order chi connectivity index (χ1) is 11.7. The fraction of sp³-hybridized carbons (Fsp3) is 0.368. The second-order valence-electron chi connectivity index (χ2n) is 6.63. The van der Waals surface area contributed by atoms with E-state index in [9.17, 15) is 0 Å². The van der Waals surface area contributed by atoms with Gasteiger partial charge in [0.2, 0.25) is 0 Å². The molecule has 0 aliphatic carbocycles. The number of nitrogens with one attached hydrogen (secondary N) is 1. The van der Waals surface area contributed by atoms with Crippen molar-refractivity contribution < 1.29 is 0 Å². The summed E-state index contributed by atoms with van der Waals surface area (Å²) in [5.41, 5.74) is 4.69. The van der Waals surface area contributed by atoms with Crippen LogP contribution in [-0.4, -0.2) is 33.9 Å². The van der Waals surface area contributed by atoms with Gasteiger partial charge in [-0.1, -0.05) is 18.2 Å². The first-order valence-electron chi connectivity index (χ1n) is 8.55. The van der Waals surface area contributed by atoms with Crippen molar-refractivity contribution in [2.24, 2.45) is 7.05 Å². The number of para-hydroxylation sites is 1. The Kier molecular flexibility index (Phi) is 3.84. The Morgan fingerprint density at radius 2 is 2.17 bits per heavy atom. The molecule has 1 aliphatic rings. The molecule has 24 heavy (non-hydrogen) atoms. The lowest BCUT2D eigenvalue weighted by molar-refractivity contribution is 0.530. The predicted octanol–water partition coefficient (Wildman–Crippen LogP) is 3.36. The van der Waals surface area contributed by atoms with Crippen molar-refractivity contribution in [3.8, 4) is 0 Å². The van der Waals surface area contributed by atoms with Crippen molar-refractivity contribution in [3.05, 3.63) is 48.4 Å². The van der Waals surface area contributed by atoms with E-state index in [-0.39, 0.29) is 0 Å². The minimum absolute atomic E-state index is 0.435. The summed E-state index contributed by atoms with van der Waals surface area (Å²) in [6, 6.07) is 8.89. The van der Waals surface area contributed by atoms with Crippen LogP contribution >= 0.6 is 0 Å². The van der Waals surface area contributed by atoms with Crippen molar-refractivity contribution in [2.75, 3.05) is 23.3 Å². The number of piperidine rings is 1. The van der Waals surface area contributed by atoms with Crippen molar-refractivity contribution in [1.29, 1.82) is 0 Å². The van der Waals surface area contributed by atoms with E-state index in [1.165, 1.54) is 35.2 Å². The van der Waals surface area contributed by atoms with E-state index in [4.69, 9.17) is 0 Å². The number of fused-ring (bicyclic) bond motifs is 1. The molecule has 1 aliphatic heterocycles. The first-order valence-corrected chi connectivity index (χ1v) is 8.55. The molecule has 1 fully saturated rings. The van der Waals surface area contributed by atoms with E-state index in [0.29, 0.717) is 6.04 Å². The van der Waals surface area contributed by atoms with Crippen LogP contribution in [0.2, 0.25) is 0 Å². The summed E-state index contributed by atoms with van der Waals surface area (Å²) in [4.78, 5) is 6.96. The molecule has 124 valence electrons. The van der Waals surface area contributed by atoms with Crippen LogP contribution in [-0.2, 0) is 7.05 Å². The van der Waals surface area contributed by atoms with Crippen LogP contribution in [0.15, 0.2) is 42.9 Å². The molecule has 1 saturated heterocycles. The van der Waals surface area contributed by atoms with Crippen LogP contribution in [0.5, 0.6) is 0 Å². The molecule has 1 aromatic carbocycles. The van der Waals surface area contributed by atoms with Crippen molar-refractivity contribution in [3.63, 3.8) is 0 Å². The van der Waals surface area contributed by atoms with Crippen LogP contribution in [0, 0.1) is 6.92 Å². The number of hydrogen-bond acceptors (Lipinski definition) is 4. The normalized spacial score (nSPS) is 18.1. The second-order valence-corrected chi connectivity index (χ2v) is 6.63. The fourth-order valence-corrected chi connectivity index (χ4v) is 3.57. The Morgan fingerprint density at radius 3 is 3.00 bits per heavy atom. The van der Waals surface area contributed by atoms with Crippen LogP contribution in [0.1, 0.15) is 18.4 Å². The zero-order valence-electron chi connectivity index (χ0n) is 14.2. The summed E-state index contributed by atoms with van der Waals surface area (Å²) in [5.74, 6) is 0. The lowest BCUT2D eigenvalue weighted by atomic mass is 10.0. The van der Waals surface area contributed by atoms with Gasteiger partial charge in [-0.15, -0.1) is 0 Å². The zero-order valence-corrected chi connectivity index (χ0v) is 14.2. The number of nitrogens with zero attached hydrogens (tertiary/aromatic N) is 4. The minimum atomic E-state index is 0.435. The molecule has 3 aromatic rings. The maximum Gasteiger partial charge on any atom is 0.0753 e. The summed E-state index contributed by atoms with van der Waals surface area (Å²) >= 11 is 0. The number of aromatic nitrogens is 3. The van der Waals surface area contributed by atoms with E-state index in [1.54, 1.807) is 0 Å². The summed E-state index contributed by atoms with van der Waals surface area (Å²) in [7, 11) is 1.97. The summed E-state index contributed by atoms with van der Waals surface area (Å²) in [6.45, 7) is 4.21. The third-order valence-electron chi connectivity index (χ3n) is 4.81. The number of pyridine rings is 1. The molecule has 1 atom stereocenters. The molecule has 2 aromatic heterocycles. The molecule has 1 N–H and O–H groups in total. The minimum Gasteiger partial charge on any atom is -0.380 e. The highest BCUT2D eigenvalue weighted by molar-refractivity contribution is 5.92. The van der Waals surface area contributed by atoms with Crippen LogP contribution in [0.4, 0.5) is 11.4 Å². The van der Waals surface area contributed by atoms with E-state index in [0.717, 1.165) is 18.6 Å². The van der Waals surface area contributed by atoms with Gasteiger partial charge < -0.3 is 10.2 Å². The SMILES string of the molecule is Cc1cccc2c(NC3CCCN(c4cnn(C)c4)C3)ccnc12. The average molecular weight is 321 g/mol. The number of aryl methyl sites for hydroxylation is 2. The molecular formula is C19H23N5. The quantitative estimate of drug-likeness (QED) is 0.803. The molecule has 1 unspecified atom stereocenters. The van der Waals surface area contributed by atoms with Crippen LogP contribution < -0.4 is 10.2 Å². The smallest absolute Gasteiger partial charge is 0.0753 e. The maximum absolute atomic E-state index is 4.54. The Balaban J connectivity index is 1.56. The molecule has 5 nitrogen and oxygen atoms in total.